The summed E-state index contributed by atoms with van der Waals surface area (Å²) in [5.74, 6) is 0.288. The summed E-state index contributed by atoms with van der Waals surface area (Å²) in [7, 11) is 0. The number of benzene rings is 1. The van der Waals surface area contributed by atoms with Crippen molar-refractivity contribution in [1.29, 1.82) is 0 Å². The summed E-state index contributed by atoms with van der Waals surface area (Å²) in [6.45, 7) is 8.30. The number of piperidine rings is 1. The van der Waals surface area contributed by atoms with E-state index in [1.54, 1.807) is 24.3 Å². The van der Waals surface area contributed by atoms with Crippen LogP contribution in [0.15, 0.2) is 24.3 Å². The average Bonchev–Trinajstić information content (AvgIpc) is 2.90. The van der Waals surface area contributed by atoms with Gasteiger partial charge < -0.3 is 20.9 Å². The number of carbonyl (C=O) groups is 2. The Morgan fingerprint density at radius 1 is 1.05 bits per heavy atom. The Hall–Kier alpha value is -2.62. The number of nitrogens with zero attached hydrogens (tertiary/aromatic N) is 5. The molecule has 0 spiro atoms. The van der Waals surface area contributed by atoms with Gasteiger partial charge in [0.1, 0.15) is 0 Å². The Morgan fingerprint density at radius 3 is 2.41 bits per heavy atom. The highest BCUT2D eigenvalue weighted by molar-refractivity contribution is 6.32. The van der Waals surface area contributed by atoms with Crippen molar-refractivity contribution in [2.24, 2.45) is 0 Å². The largest absolute Gasteiger partial charge is 0.382 e. The molecule has 11 heteroatoms. The van der Waals surface area contributed by atoms with Gasteiger partial charge in [-0.05, 0) is 50.5 Å². The van der Waals surface area contributed by atoms with Crippen molar-refractivity contribution in [2.45, 2.75) is 51.6 Å². The number of carbonyl (C=O) groups excluding carboxylic acids is 2. The number of nitrogens with one attached hydrogen (secondary N) is 1. The minimum Gasteiger partial charge on any atom is -0.382 e. The van der Waals surface area contributed by atoms with E-state index in [9.17, 15) is 9.59 Å². The van der Waals surface area contributed by atoms with Gasteiger partial charge in [-0.2, -0.15) is 0 Å². The fourth-order valence-electron chi connectivity index (χ4n) is 5.34. The lowest BCUT2D eigenvalue weighted by Gasteiger charge is -2.48. The molecule has 3 N–H and O–H groups in total. The number of hydrogen-bond donors (Lipinski definition) is 2. The molecule has 2 amide bonds. The van der Waals surface area contributed by atoms with Crippen molar-refractivity contribution in [2.75, 3.05) is 49.9 Å². The van der Waals surface area contributed by atoms with Crippen LogP contribution in [0.2, 0.25) is 10.2 Å². The van der Waals surface area contributed by atoms with Crippen LogP contribution in [0.4, 0.5) is 11.6 Å². The van der Waals surface area contributed by atoms with E-state index in [2.05, 4.69) is 32.0 Å². The molecule has 4 rings (SSSR count). The predicted octanol–water partition coefficient (Wildman–Crippen LogP) is 3.71. The van der Waals surface area contributed by atoms with Crippen molar-refractivity contribution in [3.05, 3.63) is 45.7 Å². The number of aromatic nitrogens is 2. The van der Waals surface area contributed by atoms with E-state index in [0.29, 0.717) is 35.0 Å². The quantitative estimate of drug-likeness (QED) is 0.543. The second kappa shape index (κ2) is 12.3. The molecule has 2 saturated heterocycles. The minimum absolute atomic E-state index is 0.0549. The summed E-state index contributed by atoms with van der Waals surface area (Å²) in [5.41, 5.74) is 6.82. The van der Waals surface area contributed by atoms with E-state index in [-0.39, 0.29) is 28.5 Å². The monoisotopic (exact) mass is 547 g/mol. The van der Waals surface area contributed by atoms with Gasteiger partial charge in [-0.3, -0.25) is 14.5 Å². The van der Waals surface area contributed by atoms with Crippen LogP contribution in [0.3, 0.4) is 0 Å². The minimum atomic E-state index is -0.379. The first-order chi connectivity index (χ1) is 17.8. The first kappa shape index (κ1) is 27.4. The maximum Gasteiger partial charge on any atom is 0.273 e. The standard InChI is InChI=1S/C26H35Cl2N7O2/c1-3-5-20-16-34(24-22(28)31-21(23(29)32-24)25(36)30-4-2)14-15-35(20)19-10-12-33(13-11-19)26(37)17-6-8-18(27)9-7-17/h6-9,19-20H,3-5,10-16H2,1-2H3,(H2,29,32)(H,30,36)/t20-/m0/s1. The number of halogens is 2. The second-order valence-corrected chi connectivity index (χ2v) is 10.4. The second-order valence-electron chi connectivity index (χ2n) is 9.59. The Morgan fingerprint density at radius 2 is 1.76 bits per heavy atom. The molecular formula is C26H35Cl2N7O2. The molecule has 1 atom stereocenters. The molecule has 200 valence electrons. The van der Waals surface area contributed by atoms with Crippen LogP contribution >= 0.6 is 23.2 Å². The zero-order chi connectivity index (χ0) is 26.5. The number of anilines is 2. The van der Waals surface area contributed by atoms with Gasteiger partial charge in [0.25, 0.3) is 11.8 Å². The van der Waals surface area contributed by atoms with Crippen LogP contribution in [-0.2, 0) is 0 Å². The van der Waals surface area contributed by atoms with Crippen LogP contribution in [-0.4, -0.2) is 82.9 Å². The summed E-state index contributed by atoms with van der Waals surface area (Å²) in [4.78, 5) is 40.5. The van der Waals surface area contributed by atoms with E-state index >= 15 is 0 Å². The molecule has 2 aliphatic rings. The van der Waals surface area contributed by atoms with E-state index in [1.165, 1.54) is 0 Å². The average molecular weight is 549 g/mol. The Labute approximate surface area is 228 Å². The van der Waals surface area contributed by atoms with Crippen LogP contribution in [0.5, 0.6) is 0 Å². The smallest absolute Gasteiger partial charge is 0.273 e. The van der Waals surface area contributed by atoms with Gasteiger partial charge in [0, 0.05) is 61.9 Å². The van der Waals surface area contributed by atoms with Crippen molar-refractivity contribution >= 4 is 46.7 Å². The highest BCUT2D eigenvalue weighted by Gasteiger charge is 2.35. The number of nitrogen functional groups attached to an aromatic ring is 1. The van der Waals surface area contributed by atoms with Gasteiger partial charge in [-0.1, -0.05) is 36.5 Å². The molecule has 0 radical (unpaired) electrons. The number of likely N-dealkylation sites (tertiary alicyclic amines) is 1. The number of piperazine rings is 1. The molecule has 0 unspecified atom stereocenters. The van der Waals surface area contributed by atoms with Crippen LogP contribution < -0.4 is 16.0 Å². The Bertz CT molecular complexity index is 1110. The van der Waals surface area contributed by atoms with Gasteiger partial charge in [0.15, 0.2) is 22.5 Å². The molecule has 2 aromatic rings. The molecule has 0 aliphatic carbocycles. The van der Waals surface area contributed by atoms with Gasteiger partial charge in [0.2, 0.25) is 0 Å². The maximum atomic E-state index is 12.9. The molecule has 37 heavy (non-hydrogen) atoms. The molecule has 1 aromatic heterocycles. The molecule has 0 bridgehead atoms. The third kappa shape index (κ3) is 6.27. The van der Waals surface area contributed by atoms with Gasteiger partial charge in [-0.15, -0.1) is 0 Å². The predicted molar refractivity (Wildman–Crippen MR) is 147 cm³/mol. The summed E-state index contributed by atoms with van der Waals surface area (Å²) in [6, 6.07) is 7.83. The van der Waals surface area contributed by atoms with Crippen LogP contribution in [0.25, 0.3) is 0 Å². The summed E-state index contributed by atoms with van der Waals surface area (Å²) < 4.78 is 0. The fourth-order valence-corrected chi connectivity index (χ4v) is 5.71. The summed E-state index contributed by atoms with van der Waals surface area (Å²) in [5, 5.41) is 3.50. The van der Waals surface area contributed by atoms with Crippen molar-refractivity contribution in [1.82, 2.24) is 25.1 Å². The van der Waals surface area contributed by atoms with Gasteiger partial charge >= 0.3 is 0 Å². The third-order valence-corrected chi connectivity index (χ3v) is 7.68. The maximum absolute atomic E-state index is 12.9. The lowest BCUT2D eigenvalue weighted by Crippen LogP contribution is -2.59. The first-order valence-corrected chi connectivity index (χ1v) is 13.7. The number of amides is 2. The first-order valence-electron chi connectivity index (χ1n) is 13.0. The lowest BCUT2D eigenvalue weighted by molar-refractivity contribution is 0.0481. The number of nitrogens with two attached hydrogens (primary N) is 1. The molecule has 1 aromatic carbocycles. The van der Waals surface area contributed by atoms with Crippen LogP contribution in [0, 0.1) is 0 Å². The van der Waals surface area contributed by atoms with Crippen LogP contribution in [0.1, 0.15) is 60.4 Å². The van der Waals surface area contributed by atoms with Crippen molar-refractivity contribution in [3.8, 4) is 0 Å². The van der Waals surface area contributed by atoms with Gasteiger partial charge in [-0.25, -0.2) is 9.97 Å². The third-order valence-electron chi connectivity index (χ3n) is 7.18. The molecule has 0 saturated carbocycles. The Balaban J connectivity index is 1.41. The topological polar surface area (TPSA) is 108 Å². The fraction of sp³-hybridized carbons (Fsp3) is 0.538. The zero-order valence-corrected chi connectivity index (χ0v) is 22.9. The Kier molecular flexibility index (Phi) is 9.10. The highest BCUT2D eigenvalue weighted by atomic mass is 35.5. The molecule has 2 fully saturated rings. The molecule has 2 aliphatic heterocycles. The van der Waals surface area contributed by atoms with E-state index in [1.807, 2.05) is 11.8 Å². The van der Waals surface area contributed by atoms with E-state index in [4.69, 9.17) is 28.9 Å². The molecular weight excluding hydrogens is 513 g/mol. The SMILES string of the molecule is CCC[C@H]1CN(c2nc(N)c(C(=O)NCC)nc2Cl)CCN1C1CCN(C(=O)c2ccc(Cl)cc2)CC1. The number of hydrogen-bond acceptors (Lipinski definition) is 7. The molecule has 9 nitrogen and oxygen atoms in total. The summed E-state index contributed by atoms with van der Waals surface area (Å²) in [6.07, 6.45) is 3.97. The van der Waals surface area contributed by atoms with Crippen molar-refractivity contribution in [3.63, 3.8) is 0 Å². The van der Waals surface area contributed by atoms with Gasteiger partial charge in [0.05, 0.1) is 0 Å². The highest BCUT2D eigenvalue weighted by Crippen LogP contribution is 2.30. The summed E-state index contributed by atoms with van der Waals surface area (Å²) >= 11 is 12.5. The normalized spacial score (nSPS) is 19.2. The van der Waals surface area contributed by atoms with E-state index in [0.717, 1.165) is 58.4 Å². The van der Waals surface area contributed by atoms with Crippen molar-refractivity contribution < 1.29 is 9.59 Å². The molecule has 3 heterocycles. The van der Waals surface area contributed by atoms with E-state index < -0.39 is 0 Å². The number of rotatable bonds is 7. The lowest BCUT2D eigenvalue weighted by atomic mass is 9.97. The zero-order valence-electron chi connectivity index (χ0n) is 21.4.